The molecule has 23 heteroatoms. The highest BCUT2D eigenvalue weighted by molar-refractivity contribution is 6.00. The number of allylic oxidation sites excluding steroid dienone is 2. The van der Waals surface area contributed by atoms with Gasteiger partial charge in [-0.3, -0.25) is 52.7 Å². The van der Waals surface area contributed by atoms with Gasteiger partial charge >= 0.3 is 0 Å². The SMILES string of the molecule is C/C=C/C[C@@H](C)C(O)C1C(=O)NC(CC)C(=O)N(C)[C@H](Cc2ccccc2)C(=O)N(C)[C@@H](CC(C)C)C(=O)N[C@@H](C(C)C)C(=O)N(C)[C@@H](CC(C)C)C(=O)N[C@@H](C)C(=O)NC(C)C(=O)N(C)[C@@H](CC(C)C)C(=O)N(C)[C@@H](CC(C)C)C(=O)N(C)[C@@H](C(C)C)C(=O)N1C. The fraction of sp³-hybridized carbons (Fsp3) is 0.725. The predicted molar refractivity (Wildman–Crippen MR) is 358 cm³/mol. The van der Waals surface area contributed by atoms with Crippen LogP contribution in [-0.2, 0) is 59.2 Å². The second-order valence-electron chi connectivity index (χ2n) is 28.0. The summed E-state index contributed by atoms with van der Waals surface area (Å²) in [5, 5.41) is 23.5. The van der Waals surface area contributed by atoms with Crippen molar-refractivity contribution in [3.05, 3.63) is 48.0 Å². The van der Waals surface area contributed by atoms with E-state index in [0.29, 0.717) is 12.0 Å². The van der Waals surface area contributed by atoms with Gasteiger partial charge in [-0.05, 0) is 106 Å². The number of carbonyl (C=O) groups is 11. The molecule has 1 fully saturated rings. The molecule has 13 atom stereocenters. The lowest BCUT2D eigenvalue weighted by Gasteiger charge is -2.41. The third-order valence-corrected chi connectivity index (χ3v) is 17.7. The van der Waals surface area contributed by atoms with E-state index in [1.54, 1.807) is 84.9 Å². The van der Waals surface area contributed by atoms with E-state index < -0.39 is 155 Å². The van der Waals surface area contributed by atoms with Crippen molar-refractivity contribution in [3.8, 4) is 0 Å². The molecule has 11 amide bonds. The molecule has 5 N–H and O–H groups in total. The van der Waals surface area contributed by atoms with Crippen molar-refractivity contribution < 1.29 is 57.8 Å². The third kappa shape index (κ3) is 22.1. The van der Waals surface area contributed by atoms with Crippen LogP contribution in [0.2, 0.25) is 0 Å². The lowest BCUT2D eigenvalue weighted by atomic mass is 9.91. The Morgan fingerprint density at radius 1 is 0.435 bits per heavy atom. The Bertz CT molecular complexity index is 2680. The molecule has 23 nitrogen and oxygen atoms in total. The number of nitrogens with zero attached hydrogens (tertiary/aromatic N) is 7. The number of amides is 11. The Kier molecular flexibility index (Phi) is 32.7. The maximum Gasteiger partial charge on any atom is 0.246 e. The van der Waals surface area contributed by atoms with Crippen LogP contribution in [0.25, 0.3) is 0 Å². The Labute approximate surface area is 550 Å². The minimum atomic E-state index is -1.64. The van der Waals surface area contributed by atoms with E-state index in [1.807, 2.05) is 61.5 Å². The van der Waals surface area contributed by atoms with Gasteiger partial charge in [0, 0.05) is 55.8 Å². The first-order valence-corrected chi connectivity index (χ1v) is 33.1. The number of carbonyl (C=O) groups excluding carboxylic acids is 11. The molecule has 4 unspecified atom stereocenters. The highest BCUT2D eigenvalue weighted by Gasteiger charge is 2.46. The number of nitrogens with one attached hydrogen (secondary N) is 4. The lowest BCUT2D eigenvalue weighted by Crippen LogP contribution is -2.64. The van der Waals surface area contributed by atoms with Gasteiger partial charge in [-0.2, -0.15) is 0 Å². The van der Waals surface area contributed by atoms with Crippen molar-refractivity contribution in [3.63, 3.8) is 0 Å². The van der Waals surface area contributed by atoms with Gasteiger partial charge in [0.2, 0.25) is 65.0 Å². The van der Waals surface area contributed by atoms with Crippen LogP contribution in [0, 0.1) is 41.4 Å². The zero-order valence-corrected chi connectivity index (χ0v) is 60.0. The van der Waals surface area contributed by atoms with Gasteiger partial charge in [0.1, 0.15) is 66.5 Å². The molecule has 0 saturated carbocycles. The summed E-state index contributed by atoms with van der Waals surface area (Å²) in [7, 11) is 10.0. The molecule has 0 bridgehead atoms. The predicted octanol–water partition coefficient (Wildman–Crippen LogP) is 4.88. The van der Waals surface area contributed by atoms with Crippen molar-refractivity contribution in [1.82, 2.24) is 55.6 Å². The first kappa shape index (κ1) is 81.2. The summed E-state index contributed by atoms with van der Waals surface area (Å²) in [6, 6.07) is -4.91. The maximum atomic E-state index is 15.4. The Morgan fingerprint density at radius 2 is 0.837 bits per heavy atom. The summed E-state index contributed by atoms with van der Waals surface area (Å²) < 4.78 is 0. The van der Waals surface area contributed by atoms with Gasteiger partial charge in [-0.25, -0.2) is 0 Å². The molecule has 0 aromatic heterocycles. The molecular weight excluding hydrogens is 1170 g/mol. The van der Waals surface area contributed by atoms with Gasteiger partial charge in [0.25, 0.3) is 0 Å². The van der Waals surface area contributed by atoms with E-state index in [1.165, 1.54) is 92.6 Å². The van der Waals surface area contributed by atoms with Crippen LogP contribution >= 0.6 is 0 Å². The van der Waals surface area contributed by atoms with Crippen LogP contribution in [0.1, 0.15) is 162 Å². The molecule has 0 radical (unpaired) electrons. The van der Waals surface area contributed by atoms with Crippen molar-refractivity contribution >= 4 is 65.0 Å². The number of rotatable bonds is 17. The monoisotopic (exact) mass is 1290 g/mol. The fourth-order valence-electron chi connectivity index (χ4n) is 11.9. The molecule has 1 aromatic rings. The second-order valence-corrected chi connectivity index (χ2v) is 28.0. The lowest BCUT2D eigenvalue weighted by molar-refractivity contribution is -0.157. The molecule has 92 heavy (non-hydrogen) atoms. The standard InChI is InChI=1S/C69H117N11O12/c1-25-27-31-45(15)58(81)57-62(85)72-49(26-2)64(87)77(21)54(38-48-32-29-28-30-33-48)66(89)74(18)51(35-40(5)6)61(84)73-55(43(11)12)68(91)75(19)50(34-39(3)4)60(83)70-46(16)59(82)71-47(17)63(86)76(20)52(36-41(7)8)65(88)78(22)53(37-42(9)10)67(90)79(23)56(44(13)14)69(92)80(57)24/h25,27-30,32-33,39-47,49-58,81H,26,31,34-38H2,1-24H3,(H,70,83)(H,71,82)(H,72,85)(H,73,84)/b27-25+/t45-,46+,47?,49?,50+,51+,52+,53+,54-,55+,56+,57?,58?/m1/s1. The van der Waals surface area contributed by atoms with Crippen LogP contribution in [0.4, 0.5) is 0 Å². The molecule has 1 heterocycles. The second kappa shape index (κ2) is 37.1. The number of benzene rings is 1. The zero-order valence-electron chi connectivity index (χ0n) is 60.0. The summed E-state index contributed by atoms with van der Waals surface area (Å²) in [6.45, 7) is 30.0. The van der Waals surface area contributed by atoms with Crippen molar-refractivity contribution in [2.24, 2.45) is 41.4 Å². The fourth-order valence-corrected chi connectivity index (χ4v) is 11.9. The van der Waals surface area contributed by atoms with Crippen LogP contribution in [0.15, 0.2) is 42.5 Å². The van der Waals surface area contributed by atoms with Gasteiger partial charge in [-0.1, -0.05) is 139 Å². The van der Waals surface area contributed by atoms with E-state index in [9.17, 15) is 29.1 Å². The van der Waals surface area contributed by atoms with Crippen LogP contribution in [0.5, 0.6) is 0 Å². The van der Waals surface area contributed by atoms with E-state index in [-0.39, 0.29) is 62.2 Å². The van der Waals surface area contributed by atoms with Crippen LogP contribution in [0.3, 0.4) is 0 Å². The Balaban J connectivity index is 3.12. The van der Waals surface area contributed by atoms with Gasteiger partial charge in [0.15, 0.2) is 0 Å². The zero-order chi connectivity index (χ0) is 70.7. The molecule has 2 rings (SSSR count). The molecule has 1 aliphatic heterocycles. The summed E-state index contributed by atoms with van der Waals surface area (Å²) in [5.74, 6) is -9.90. The number of hydrogen-bond donors (Lipinski definition) is 5. The minimum Gasteiger partial charge on any atom is -0.390 e. The molecule has 520 valence electrons. The third-order valence-electron chi connectivity index (χ3n) is 17.7. The van der Waals surface area contributed by atoms with Gasteiger partial charge < -0.3 is 60.7 Å². The van der Waals surface area contributed by atoms with Crippen molar-refractivity contribution in [2.45, 2.75) is 235 Å². The highest BCUT2D eigenvalue weighted by atomic mass is 16.3. The van der Waals surface area contributed by atoms with Crippen LogP contribution < -0.4 is 21.3 Å². The number of aliphatic hydroxyl groups is 1. The minimum absolute atomic E-state index is 0.00683. The molecule has 1 aliphatic rings. The molecular formula is C69H117N11O12. The van der Waals surface area contributed by atoms with Gasteiger partial charge in [0.05, 0.1) is 6.10 Å². The molecule has 1 saturated heterocycles. The largest absolute Gasteiger partial charge is 0.390 e. The molecule has 1 aromatic carbocycles. The van der Waals surface area contributed by atoms with Crippen molar-refractivity contribution in [2.75, 3.05) is 49.3 Å². The van der Waals surface area contributed by atoms with Gasteiger partial charge in [-0.15, -0.1) is 0 Å². The average Bonchev–Trinajstić information content (AvgIpc) is 0.814. The average molecular weight is 1290 g/mol. The summed E-state index contributed by atoms with van der Waals surface area (Å²) in [5.41, 5.74) is 0.672. The first-order chi connectivity index (χ1) is 42.7. The summed E-state index contributed by atoms with van der Waals surface area (Å²) in [6.07, 6.45) is 2.91. The normalized spacial score (nSPS) is 26.5. The quantitative estimate of drug-likeness (QED) is 0.131. The van der Waals surface area contributed by atoms with E-state index in [2.05, 4.69) is 21.3 Å². The maximum absolute atomic E-state index is 15.4. The van der Waals surface area contributed by atoms with E-state index in [4.69, 9.17) is 0 Å². The number of hydrogen-bond acceptors (Lipinski definition) is 12. The summed E-state index contributed by atoms with van der Waals surface area (Å²) >= 11 is 0. The van der Waals surface area contributed by atoms with E-state index in [0.717, 1.165) is 4.90 Å². The molecule has 0 spiro atoms. The van der Waals surface area contributed by atoms with Crippen molar-refractivity contribution in [1.29, 1.82) is 0 Å². The van der Waals surface area contributed by atoms with Crippen LogP contribution in [-0.4, -0.2) is 226 Å². The Hall–Kier alpha value is -6.91. The highest BCUT2D eigenvalue weighted by Crippen LogP contribution is 2.26. The number of likely N-dealkylation sites (N-methyl/N-ethyl adjacent to an activating group) is 7. The first-order valence-electron chi connectivity index (χ1n) is 33.1. The smallest absolute Gasteiger partial charge is 0.246 e. The number of aliphatic hydroxyl groups excluding tert-OH is 1. The summed E-state index contributed by atoms with van der Waals surface area (Å²) in [4.78, 5) is 173. The molecule has 0 aliphatic carbocycles. The Morgan fingerprint density at radius 3 is 1.29 bits per heavy atom. The topological polar surface area (TPSA) is 279 Å². The van der Waals surface area contributed by atoms with E-state index >= 15 is 28.8 Å².